The Kier molecular flexibility index (Phi) is 14.0. The molecule has 0 aromatic rings. The Morgan fingerprint density at radius 3 is 1.62 bits per heavy atom. The first-order valence-corrected chi connectivity index (χ1v) is 9.28. The topological polar surface area (TPSA) is 40.1 Å². The Labute approximate surface area is 132 Å². The van der Waals surface area contributed by atoms with Gasteiger partial charge in [0.05, 0.1) is 0 Å². The third-order valence-corrected chi connectivity index (χ3v) is 4.32. The van der Waals surface area contributed by atoms with Gasteiger partial charge in [0.2, 0.25) is 0 Å². The van der Waals surface area contributed by atoms with Crippen molar-refractivity contribution >= 4 is 5.97 Å². The average molecular weight is 298 g/mol. The summed E-state index contributed by atoms with van der Waals surface area (Å²) in [4.78, 5) is 11.1. The van der Waals surface area contributed by atoms with Crippen molar-refractivity contribution in [1.82, 2.24) is 0 Å². The molecule has 0 aromatic heterocycles. The second-order valence-corrected chi connectivity index (χ2v) is 6.96. The maximum Gasteiger partial charge on any atom is 0.0445 e. The molecule has 0 aromatic carbocycles. The molecule has 2 heteroatoms. The highest BCUT2D eigenvalue weighted by Crippen LogP contribution is 2.19. The molecule has 0 amide bonds. The summed E-state index contributed by atoms with van der Waals surface area (Å²) in [6.45, 7) is 6.74. The summed E-state index contributed by atoms with van der Waals surface area (Å²) in [5, 5.41) is 11.1. The molecule has 0 bridgehead atoms. The highest BCUT2D eigenvalue weighted by Gasteiger charge is 2.09. The van der Waals surface area contributed by atoms with Crippen molar-refractivity contribution in [1.29, 1.82) is 0 Å². The Morgan fingerprint density at radius 1 is 0.762 bits per heavy atom. The molecule has 21 heavy (non-hydrogen) atoms. The van der Waals surface area contributed by atoms with E-state index in [1.54, 1.807) is 0 Å². The van der Waals surface area contributed by atoms with Crippen molar-refractivity contribution in [3.8, 4) is 0 Å². The molecule has 0 saturated heterocycles. The van der Waals surface area contributed by atoms with Crippen LogP contribution in [0.2, 0.25) is 0 Å². The van der Waals surface area contributed by atoms with Crippen LogP contribution in [0.4, 0.5) is 0 Å². The molecule has 0 aliphatic heterocycles. The molecule has 1 unspecified atom stereocenters. The molecule has 0 heterocycles. The normalized spacial score (nSPS) is 12.8. The molecular formula is C19H37O2-. The van der Waals surface area contributed by atoms with Crippen molar-refractivity contribution in [2.45, 2.75) is 104 Å². The highest BCUT2D eigenvalue weighted by molar-refractivity contribution is 5.67. The maximum absolute atomic E-state index is 11.1. The number of carbonyl (C=O) groups excluding carboxylic acids is 1. The zero-order valence-electron chi connectivity index (χ0n) is 14.7. The molecular weight excluding hydrogens is 260 g/mol. The van der Waals surface area contributed by atoms with E-state index in [1.807, 2.05) is 0 Å². The van der Waals surface area contributed by atoms with Crippen molar-refractivity contribution in [2.24, 2.45) is 11.8 Å². The van der Waals surface area contributed by atoms with Crippen LogP contribution in [0.25, 0.3) is 0 Å². The van der Waals surface area contributed by atoms with Crippen LogP contribution in [-0.2, 0) is 4.79 Å². The van der Waals surface area contributed by atoms with Gasteiger partial charge in [0.15, 0.2) is 0 Å². The summed E-state index contributed by atoms with van der Waals surface area (Å²) in [5.74, 6) is -0.229. The van der Waals surface area contributed by atoms with Gasteiger partial charge in [-0.05, 0) is 24.7 Å². The molecule has 0 aliphatic rings. The van der Waals surface area contributed by atoms with E-state index < -0.39 is 5.97 Å². The summed E-state index contributed by atoms with van der Waals surface area (Å²) in [6, 6.07) is 0. The molecule has 2 nitrogen and oxygen atoms in total. The average Bonchev–Trinajstić information content (AvgIpc) is 2.43. The summed E-state index contributed by atoms with van der Waals surface area (Å²) in [7, 11) is 0. The number of aliphatic carboxylic acids is 1. The monoisotopic (exact) mass is 297 g/mol. The fourth-order valence-electron chi connectivity index (χ4n) is 2.85. The van der Waals surface area contributed by atoms with Gasteiger partial charge in [0, 0.05) is 5.97 Å². The summed E-state index contributed by atoms with van der Waals surface area (Å²) in [6.07, 6.45) is 15.0. The Hall–Kier alpha value is -0.530. The molecule has 1 atom stereocenters. The minimum absolute atomic E-state index is 0.206. The molecule has 0 N–H and O–H groups in total. The minimum Gasteiger partial charge on any atom is -0.550 e. The van der Waals surface area contributed by atoms with Crippen LogP contribution in [0.3, 0.4) is 0 Å². The second kappa shape index (κ2) is 14.4. The second-order valence-electron chi connectivity index (χ2n) is 6.96. The van der Waals surface area contributed by atoms with Crippen molar-refractivity contribution in [3.63, 3.8) is 0 Å². The van der Waals surface area contributed by atoms with Crippen molar-refractivity contribution < 1.29 is 9.90 Å². The van der Waals surface area contributed by atoms with Gasteiger partial charge in [-0.2, -0.15) is 0 Å². The number of unbranched alkanes of at least 4 members (excludes halogenated alkanes) is 8. The van der Waals surface area contributed by atoms with Gasteiger partial charge in [-0.1, -0.05) is 91.4 Å². The number of carbonyl (C=O) groups is 1. The molecule has 0 radical (unpaired) electrons. The lowest BCUT2D eigenvalue weighted by molar-refractivity contribution is -0.312. The number of carboxylic acids is 1. The van der Waals surface area contributed by atoms with E-state index in [1.165, 1.54) is 57.8 Å². The first kappa shape index (κ1) is 20.5. The van der Waals surface area contributed by atoms with E-state index in [2.05, 4.69) is 20.8 Å². The van der Waals surface area contributed by atoms with Crippen LogP contribution in [0, 0.1) is 11.8 Å². The van der Waals surface area contributed by atoms with E-state index in [9.17, 15) is 9.90 Å². The quantitative estimate of drug-likeness (QED) is 0.394. The Bertz CT molecular complexity index is 236. The smallest absolute Gasteiger partial charge is 0.0445 e. The lowest BCUT2D eigenvalue weighted by Crippen LogP contribution is -2.31. The van der Waals surface area contributed by atoms with E-state index in [0.29, 0.717) is 0 Å². The van der Waals surface area contributed by atoms with E-state index in [4.69, 9.17) is 0 Å². The zero-order valence-corrected chi connectivity index (χ0v) is 14.7. The summed E-state index contributed by atoms with van der Waals surface area (Å²) < 4.78 is 0. The molecule has 0 saturated carbocycles. The largest absolute Gasteiger partial charge is 0.550 e. The van der Waals surface area contributed by atoms with Gasteiger partial charge in [-0.3, -0.25) is 0 Å². The summed E-state index contributed by atoms with van der Waals surface area (Å²) >= 11 is 0. The minimum atomic E-state index is -0.828. The van der Waals surface area contributed by atoms with Crippen LogP contribution in [-0.4, -0.2) is 5.97 Å². The van der Waals surface area contributed by atoms with Crippen LogP contribution >= 0.6 is 0 Å². The molecule has 0 spiro atoms. The van der Waals surface area contributed by atoms with Crippen LogP contribution in [0.1, 0.15) is 104 Å². The third kappa shape index (κ3) is 14.2. The number of hydrogen-bond donors (Lipinski definition) is 0. The number of carboxylic acid groups (broad SMARTS) is 1. The van der Waals surface area contributed by atoms with Crippen LogP contribution in [0.5, 0.6) is 0 Å². The van der Waals surface area contributed by atoms with Crippen molar-refractivity contribution in [3.05, 3.63) is 0 Å². The van der Waals surface area contributed by atoms with Crippen LogP contribution < -0.4 is 5.11 Å². The van der Waals surface area contributed by atoms with Gasteiger partial charge >= 0.3 is 0 Å². The van der Waals surface area contributed by atoms with Gasteiger partial charge in [-0.25, -0.2) is 0 Å². The van der Waals surface area contributed by atoms with Gasteiger partial charge < -0.3 is 9.90 Å². The van der Waals surface area contributed by atoms with Crippen molar-refractivity contribution in [2.75, 3.05) is 0 Å². The number of hydrogen-bond acceptors (Lipinski definition) is 2. The Balaban J connectivity index is 3.54. The van der Waals surface area contributed by atoms with E-state index >= 15 is 0 Å². The number of rotatable bonds is 15. The first-order chi connectivity index (χ1) is 10.1. The van der Waals surface area contributed by atoms with Gasteiger partial charge in [0.25, 0.3) is 0 Å². The fraction of sp³-hybridized carbons (Fsp3) is 0.947. The first-order valence-electron chi connectivity index (χ1n) is 9.28. The molecule has 126 valence electrons. The molecule has 0 fully saturated rings. The lowest BCUT2D eigenvalue weighted by atomic mass is 9.94. The van der Waals surface area contributed by atoms with E-state index in [-0.39, 0.29) is 5.92 Å². The lowest BCUT2D eigenvalue weighted by Gasteiger charge is -2.17. The fourth-order valence-corrected chi connectivity index (χ4v) is 2.85. The highest BCUT2D eigenvalue weighted by atomic mass is 16.4. The maximum atomic E-state index is 11.1. The third-order valence-electron chi connectivity index (χ3n) is 4.32. The zero-order chi connectivity index (χ0) is 15.9. The van der Waals surface area contributed by atoms with Gasteiger partial charge in [-0.15, -0.1) is 0 Å². The molecule has 0 aliphatic carbocycles. The summed E-state index contributed by atoms with van der Waals surface area (Å²) in [5.41, 5.74) is 0. The van der Waals surface area contributed by atoms with Crippen LogP contribution in [0.15, 0.2) is 0 Å². The SMILES string of the molecule is CCCCCCCC(CCCCCCCC(C)C)C(=O)[O-]. The predicted molar refractivity (Wildman–Crippen MR) is 89.0 cm³/mol. The standard InChI is InChI=1S/C19H38O2/c1-4-5-6-8-12-15-18(19(20)21)16-13-10-7-9-11-14-17(2)3/h17-18H,4-16H2,1-3H3,(H,20,21)/p-1. The Morgan fingerprint density at radius 2 is 1.19 bits per heavy atom. The molecule has 0 rings (SSSR count). The van der Waals surface area contributed by atoms with Gasteiger partial charge in [0.1, 0.15) is 0 Å². The van der Waals surface area contributed by atoms with E-state index in [0.717, 1.165) is 31.6 Å². The predicted octanol–water partition coefficient (Wildman–Crippen LogP) is 5.10.